The lowest BCUT2D eigenvalue weighted by atomic mass is 10.2. The zero-order valence-corrected chi connectivity index (χ0v) is 12.9. The number of carbonyl (C=O) groups excluding carboxylic acids is 1. The third kappa shape index (κ3) is 3.73. The summed E-state index contributed by atoms with van der Waals surface area (Å²) in [6, 6.07) is 7.25. The number of benzene rings is 1. The van der Waals surface area contributed by atoms with Crippen molar-refractivity contribution in [2.45, 2.75) is 12.7 Å². The van der Waals surface area contributed by atoms with E-state index in [0.29, 0.717) is 41.9 Å². The van der Waals surface area contributed by atoms with E-state index in [1.807, 2.05) is 13.0 Å². The summed E-state index contributed by atoms with van der Waals surface area (Å²) < 4.78 is 15.9. The number of nitrogens with zero attached hydrogens (tertiary/aromatic N) is 1. The van der Waals surface area contributed by atoms with Gasteiger partial charge in [0.05, 0.1) is 11.4 Å². The normalized spacial score (nSPS) is 13.0. The van der Waals surface area contributed by atoms with E-state index in [2.05, 4.69) is 10.5 Å². The lowest BCUT2D eigenvalue weighted by molar-refractivity contribution is -0.113. The molecular weight excluding hydrogens is 304 g/mol. The summed E-state index contributed by atoms with van der Waals surface area (Å²) in [5.74, 6) is 3.07. The molecule has 0 unspecified atom stereocenters. The molecule has 2 heterocycles. The van der Waals surface area contributed by atoms with Crippen molar-refractivity contribution in [1.29, 1.82) is 0 Å². The Balaban J connectivity index is 1.49. The first-order valence-electron chi connectivity index (χ1n) is 6.90. The fraction of sp³-hybridized carbons (Fsp3) is 0.333. The van der Waals surface area contributed by atoms with Crippen LogP contribution in [0.15, 0.2) is 28.8 Å². The van der Waals surface area contributed by atoms with Crippen LogP contribution in [0.1, 0.15) is 11.5 Å². The molecule has 0 saturated heterocycles. The maximum absolute atomic E-state index is 11.9. The average molecular weight is 320 g/mol. The van der Waals surface area contributed by atoms with E-state index >= 15 is 0 Å². The van der Waals surface area contributed by atoms with Gasteiger partial charge in [0.1, 0.15) is 19.0 Å². The minimum atomic E-state index is -0.0677. The molecule has 1 aromatic heterocycles. The van der Waals surface area contributed by atoms with Crippen LogP contribution in [-0.2, 0) is 10.5 Å². The highest BCUT2D eigenvalue weighted by molar-refractivity contribution is 7.99. The molecule has 1 aliphatic heterocycles. The molecule has 7 heteroatoms. The van der Waals surface area contributed by atoms with Gasteiger partial charge in [0, 0.05) is 23.6 Å². The number of amides is 1. The smallest absolute Gasteiger partial charge is 0.234 e. The molecule has 0 bridgehead atoms. The Bertz CT molecular complexity index is 671. The molecule has 1 amide bonds. The number of nitrogens with one attached hydrogen (secondary N) is 1. The molecule has 0 saturated carbocycles. The van der Waals surface area contributed by atoms with Crippen molar-refractivity contribution >= 4 is 23.4 Å². The topological polar surface area (TPSA) is 73.6 Å². The summed E-state index contributed by atoms with van der Waals surface area (Å²) in [6.45, 7) is 2.92. The molecule has 3 rings (SSSR count). The van der Waals surface area contributed by atoms with Gasteiger partial charge in [-0.2, -0.15) is 0 Å². The van der Waals surface area contributed by atoms with Crippen LogP contribution in [-0.4, -0.2) is 30.0 Å². The van der Waals surface area contributed by atoms with E-state index in [-0.39, 0.29) is 5.91 Å². The zero-order chi connectivity index (χ0) is 15.4. The van der Waals surface area contributed by atoms with Crippen LogP contribution in [0, 0.1) is 6.92 Å². The summed E-state index contributed by atoms with van der Waals surface area (Å²) in [4.78, 5) is 11.9. The average Bonchev–Trinajstić information content (AvgIpc) is 2.92. The number of fused-ring (bicyclic) bond motifs is 1. The van der Waals surface area contributed by atoms with Gasteiger partial charge in [0.15, 0.2) is 11.5 Å². The molecule has 2 aromatic rings. The summed E-state index contributed by atoms with van der Waals surface area (Å²) in [5.41, 5.74) is 1.54. The first-order valence-corrected chi connectivity index (χ1v) is 8.05. The quantitative estimate of drug-likeness (QED) is 0.913. The predicted octanol–water partition coefficient (Wildman–Crippen LogP) is 2.63. The minimum Gasteiger partial charge on any atom is -0.486 e. The molecule has 0 spiro atoms. The van der Waals surface area contributed by atoms with Gasteiger partial charge >= 0.3 is 0 Å². The lowest BCUT2D eigenvalue weighted by Gasteiger charge is -2.18. The second-order valence-electron chi connectivity index (χ2n) is 4.83. The molecule has 6 nitrogen and oxygen atoms in total. The van der Waals surface area contributed by atoms with Crippen LogP contribution in [0.4, 0.5) is 5.69 Å². The fourth-order valence-electron chi connectivity index (χ4n) is 2.05. The Morgan fingerprint density at radius 3 is 2.86 bits per heavy atom. The van der Waals surface area contributed by atoms with Crippen molar-refractivity contribution in [1.82, 2.24) is 5.16 Å². The number of hydrogen-bond donors (Lipinski definition) is 1. The third-order valence-corrected chi connectivity index (χ3v) is 3.95. The van der Waals surface area contributed by atoms with E-state index in [0.717, 1.165) is 11.5 Å². The number of ether oxygens (including phenoxy) is 2. The number of carbonyl (C=O) groups is 1. The van der Waals surface area contributed by atoms with Crippen LogP contribution >= 0.6 is 11.8 Å². The molecular formula is C15H16N2O4S. The van der Waals surface area contributed by atoms with Crippen LogP contribution < -0.4 is 14.8 Å². The maximum atomic E-state index is 11.9. The van der Waals surface area contributed by atoms with E-state index in [9.17, 15) is 4.79 Å². The van der Waals surface area contributed by atoms with Crippen molar-refractivity contribution < 1.29 is 18.8 Å². The molecule has 0 fully saturated rings. The Kier molecular flexibility index (Phi) is 4.53. The summed E-state index contributed by atoms with van der Waals surface area (Å²) in [7, 11) is 0. The molecule has 1 aliphatic rings. The standard InChI is InChI=1S/C15H16N2O4S/c1-10-6-12(17-21-10)8-22-9-15(18)16-11-2-3-13-14(7-11)20-5-4-19-13/h2-3,6-7H,4-5,8-9H2,1H3,(H,16,18). The molecule has 0 atom stereocenters. The van der Waals surface area contributed by atoms with Crippen molar-refractivity contribution in [2.24, 2.45) is 0 Å². The van der Waals surface area contributed by atoms with Crippen LogP contribution in [0.2, 0.25) is 0 Å². The number of aromatic nitrogens is 1. The van der Waals surface area contributed by atoms with Crippen molar-refractivity contribution in [3.05, 3.63) is 35.7 Å². The van der Waals surface area contributed by atoms with Crippen molar-refractivity contribution in [2.75, 3.05) is 24.3 Å². The number of anilines is 1. The first kappa shape index (κ1) is 14.8. The van der Waals surface area contributed by atoms with E-state index in [1.165, 1.54) is 11.8 Å². The van der Waals surface area contributed by atoms with Crippen LogP contribution in [0.5, 0.6) is 11.5 Å². The fourth-order valence-corrected chi connectivity index (χ4v) is 2.76. The van der Waals surface area contributed by atoms with Crippen molar-refractivity contribution in [3.8, 4) is 11.5 Å². The number of thioether (sulfide) groups is 1. The Morgan fingerprint density at radius 2 is 2.09 bits per heavy atom. The maximum Gasteiger partial charge on any atom is 0.234 e. The second kappa shape index (κ2) is 6.74. The Labute approximate surface area is 132 Å². The van der Waals surface area contributed by atoms with E-state index in [4.69, 9.17) is 14.0 Å². The predicted molar refractivity (Wildman–Crippen MR) is 83.5 cm³/mol. The SMILES string of the molecule is Cc1cc(CSCC(=O)Nc2ccc3c(c2)OCCO3)no1. The van der Waals surface area contributed by atoms with E-state index < -0.39 is 0 Å². The van der Waals surface area contributed by atoms with Crippen LogP contribution in [0.3, 0.4) is 0 Å². The third-order valence-electron chi connectivity index (χ3n) is 2.99. The minimum absolute atomic E-state index is 0.0677. The molecule has 0 aliphatic carbocycles. The number of hydrogen-bond acceptors (Lipinski definition) is 6. The zero-order valence-electron chi connectivity index (χ0n) is 12.1. The monoisotopic (exact) mass is 320 g/mol. The van der Waals surface area contributed by atoms with Gasteiger partial charge in [-0.15, -0.1) is 11.8 Å². The number of aryl methyl sites for hydroxylation is 1. The van der Waals surface area contributed by atoms with Crippen molar-refractivity contribution in [3.63, 3.8) is 0 Å². The summed E-state index contributed by atoms with van der Waals surface area (Å²) in [5, 5.41) is 6.73. The highest BCUT2D eigenvalue weighted by Gasteiger charge is 2.13. The number of rotatable bonds is 5. The van der Waals surface area contributed by atoms with Gasteiger partial charge < -0.3 is 19.3 Å². The van der Waals surface area contributed by atoms with Gasteiger partial charge in [-0.05, 0) is 19.1 Å². The molecule has 0 radical (unpaired) electrons. The Hall–Kier alpha value is -2.15. The van der Waals surface area contributed by atoms with Gasteiger partial charge in [-0.3, -0.25) is 4.79 Å². The molecule has 116 valence electrons. The van der Waals surface area contributed by atoms with Gasteiger partial charge in [0.2, 0.25) is 5.91 Å². The highest BCUT2D eigenvalue weighted by atomic mass is 32.2. The van der Waals surface area contributed by atoms with Gasteiger partial charge in [-0.1, -0.05) is 5.16 Å². The summed E-state index contributed by atoms with van der Waals surface area (Å²) in [6.07, 6.45) is 0. The largest absolute Gasteiger partial charge is 0.486 e. The highest BCUT2D eigenvalue weighted by Crippen LogP contribution is 2.32. The van der Waals surface area contributed by atoms with Gasteiger partial charge in [0.25, 0.3) is 0 Å². The molecule has 1 aromatic carbocycles. The van der Waals surface area contributed by atoms with Gasteiger partial charge in [-0.25, -0.2) is 0 Å². The lowest BCUT2D eigenvalue weighted by Crippen LogP contribution is -2.17. The van der Waals surface area contributed by atoms with Crippen LogP contribution in [0.25, 0.3) is 0 Å². The Morgan fingerprint density at radius 1 is 1.27 bits per heavy atom. The molecule has 1 N–H and O–H groups in total. The first-order chi connectivity index (χ1) is 10.7. The molecule has 22 heavy (non-hydrogen) atoms. The second-order valence-corrected chi connectivity index (χ2v) is 5.81. The van der Waals surface area contributed by atoms with E-state index in [1.54, 1.807) is 18.2 Å². The summed E-state index contributed by atoms with van der Waals surface area (Å²) >= 11 is 1.49.